The van der Waals surface area contributed by atoms with E-state index >= 15 is 0 Å². The number of imide groups is 1. The van der Waals surface area contributed by atoms with Gasteiger partial charge in [0.25, 0.3) is 11.1 Å². The first-order valence-corrected chi connectivity index (χ1v) is 9.38. The molecule has 1 aliphatic rings. The Morgan fingerprint density at radius 1 is 1.19 bits per heavy atom. The first-order chi connectivity index (χ1) is 12.4. The Balaban J connectivity index is 1.71. The first kappa shape index (κ1) is 18.3. The highest BCUT2D eigenvalue weighted by molar-refractivity contribution is 8.14. The number of aromatic nitrogens is 1. The Kier molecular flexibility index (Phi) is 5.18. The minimum atomic E-state index is -0.248. The van der Waals surface area contributed by atoms with Crippen LogP contribution in [0.5, 0.6) is 0 Å². The second-order valence-corrected chi connectivity index (χ2v) is 7.24. The summed E-state index contributed by atoms with van der Waals surface area (Å²) in [6.45, 7) is 6.35. The minimum Gasteiger partial charge on any atom is -0.350 e. The average Bonchev–Trinajstić information content (AvgIpc) is 3.07. The fourth-order valence-electron chi connectivity index (χ4n) is 3.13. The third kappa shape index (κ3) is 3.53. The van der Waals surface area contributed by atoms with E-state index in [-0.39, 0.29) is 35.9 Å². The quantitative estimate of drug-likeness (QED) is 0.877. The van der Waals surface area contributed by atoms with Crippen molar-refractivity contribution in [1.82, 2.24) is 14.8 Å². The molecule has 0 saturated carbocycles. The summed E-state index contributed by atoms with van der Waals surface area (Å²) in [6, 6.07) is 9.96. The Bertz CT molecular complexity index is 872. The average molecular weight is 371 g/mol. The van der Waals surface area contributed by atoms with E-state index in [1.165, 1.54) is 4.90 Å². The summed E-state index contributed by atoms with van der Waals surface area (Å²) in [7, 11) is 0. The number of nitrogens with one attached hydrogen (secondary N) is 1. The number of carbonyl (C=O) groups is 3. The molecule has 1 saturated heterocycles. The van der Waals surface area contributed by atoms with Gasteiger partial charge in [-0.25, -0.2) is 0 Å². The third-order valence-electron chi connectivity index (χ3n) is 4.40. The lowest BCUT2D eigenvalue weighted by atomic mass is 10.2. The van der Waals surface area contributed by atoms with Gasteiger partial charge in [0.2, 0.25) is 5.91 Å². The molecule has 3 rings (SSSR count). The Hall–Kier alpha value is -2.54. The van der Waals surface area contributed by atoms with Crippen molar-refractivity contribution in [1.29, 1.82) is 0 Å². The SMILES string of the molecule is Cc1cccc(-n2c(C)cc(C(=O)NCCN3C(=O)CSC3=O)c2C)c1. The topological polar surface area (TPSA) is 71.4 Å². The molecule has 1 N–H and O–H groups in total. The zero-order valence-electron chi connectivity index (χ0n) is 15.0. The van der Waals surface area contributed by atoms with Gasteiger partial charge in [-0.1, -0.05) is 23.9 Å². The van der Waals surface area contributed by atoms with Gasteiger partial charge < -0.3 is 9.88 Å². The van der Waals surface area contributed by atoms with E-state index in [1.54, 1.807) is 0 Å². The second-order valence-electron chi connectivity index (χ2n) is 6.32. The van der Waals surface area contributed by atoms with Crippen LogP contribution in [-0.4, -0.2) is 45.4 Å². The summed E-state index contributed by atoms with van der Waals surface area (Å²) in [5.74, 6) is -0.222. The fraction of sp³-hybridized carbons (Fsp3) is 0.316. The standard InChI is InChI=1S/C19H21N3O3S/c1-12-5-4-6-15(9-12)22-13(2)10-16(14(22)3)18(24)20-7-8-21-17(23)11-26-19(21)25/h4-6,9-10H,7-8,11H2,1-3H3,(H,20,24). The number of aryl methyl sites for hydroxylation is 2. The molecule has 0 spiro atoms. The Labute approximate surface area is 156 Å². The number of amides is 3. The number of benzene rings is 1. The van der Waals surface area contributed by atoms with Crippen LogP contribution < -0.4 is 5.32 Å². The molecule has 0 atom stereocenters. The van der Waals surface area contributed by atoms with Crippen molar-refractivity contribution in [3.63, 3.8) is 0 Å². The predicted octanol–water partition coefficient (Wildman–Crippen LogP) is 2.83. The summed E-state index contributed by atoms with van der Waals surface area (Å²) in [4.78, 5) is 36.9. The van der Waals surface area contributed by atoms with E-state index in [4.69, 9.17) is 0 Å². The molecule has 3 amide bonds. The first-order valence-electron chi connectivity index (χ1n) is 8.40. The van der Waals surface area contributed by atoms with Crippen LogP contribution in [0.15, 0.2) is 30.3 Å². The van der Waals surface area contributed by atoms with Crippen molar-refractivity contribution in [2.75, 3.05) is 18.8 Å². The second kappa shape index (κ2) is 7.37. The lowest BCUT2D eigenvalue weighted by Gasteiger charge is -2.13. The van der Waals surface area contributed by atoms with Gasteiger partial charge in [-0.3, -0.25) is 19.3 Å². The van der Waals surface area contributed by atoms with E-state index in [0.717, 1.165) is 34.4 Å². The zero-order valence-corrected chi connectivity index (χ0v) is 15.9. The normalized spacial score (nSPS) is 14.2. The minimum absolute atomic E-state index is 0.185. The van der Waals surface area contributed by atoms with Crippen LogP contribution in [-0.2, 0) is 4.79 Å². The summed E-state index contributed by atoms with van der Waals surface area (Å²) in [5.41, 5.74) is 4.59. The highest BCUT2D eigenvalue weighted by Crippen LogP contribution is 2.22. The maximum absolute atomic E-state index is 12.5. The molecule has 2 aromatic rings. The summed E-state index contributed by atoms with van der Waals surface area (Å²) in [5, 5.41) is 2.56. The summed E-state index contributed by atoms with van der Waals surface area (Å²) < 4.78 is 2.05. The van der Waals surface area contributed by atoms with Gasteiger partial charge in [0, 0.05) is 30.2 Å². The van der Waals surface area contributed by atoms with E-state index in [9.17, 15) is 14.4 Å². The number of hydrogen-bond acceptors (Lipinski definition) is 4. The lowest BCUT2D eigenvalue weighted by molar-refractivity contribution is -0.124. The van der Waals surface area contributed by atoms with E-state index in [0.29, 0.717) is 5.56 Å². The molecule has 0 aliphatic carbocycles. The van der Waals surface area contributed by atoms with Gasteiger partial charge in [0.15, 0.2) is 0 Å². The fourth-order valence-corrected chi connectivity index (χ4v) is 3.88. The van der Waals surface area contributed by atoms with Crippen molar-refractivity contribution in [2.45, 2.75) is 20.8 Å². The molecule has 7 heteroatoms. The van der Waals surface area contributed by atoms with Crippen molar-refractivity contribution in [3.05, 3.63) is 52.8 Å². The van der Waals surface area contributed by atoms with E-state index in [2.05, 4.69) is 11.4 Å². The monoisotopic (exact) mass is 371 g/mol. The largest absolute Gasteiger partial charge is 0.350 e. The van der Waals surface area contributed by atoms with Crippen LogP contribution in [0.3, 0.4) is 0 Å². The van der Waals surface area contributed by atoms with Gasteiger partial charge >= 0.3 is 0 Å². The molecule has 1 fully saturated rings. The van der Waals surface area contributed by atoms with Crippen LogP contribution in [0.25, 0.3) is 5.69 Å². The molecule has 1 aliphatic heterocycles. The molecule has 26 heavy (non-hydrogen) atoms. The number of nitrogens with zero attached hydrogens (tertiary/aromatic N) is 2. The smallest absolute Gasteiger partial charge is 0.288 e. The highest BCUT2D eigenvalue weighted by atomic mass is 32.2. The maximum Gasteiger partial charge on any atom is 0.288 e. The summed E-state index contributed by atoms with van der Waals surface area (Å²) in [6.07, 6.45) is 0. The molecule has 136 valence electrons. The van der Waals surface area contributed by atoms with E-state index in [1.807, 2.05) is 49.6 Å². The van der Waals surface area contributed by atoms with Gasteiger partial charge in [-0.2, -0.15) is 0 Å². The number of carbonyl (C=O) groups excluding carboxylic acids is 3. The van der Waals surface area contributed by atoms with Crippen LogP contribution in [0, 0.1) is 20.8 Å². The van der Waals surface area contributed by atoms with Crippen LogP contribution >= 0.6 is 11.8 Å². The Morgan fingerprint density at radius 2 is 1.96 bits per heavy atom. The number of rotatable bonds is 5. The van der Waals surface area contributed by atoms with Gasteiger partial charge in [-0.05, 0) is 44.5 Å². The van der Waals surface area contributed by atoms with Crippen LogP contribution in [0.1, 0.15) is 27.3 Å². The maximum atomic E-state index is 12.5. The molecule has 0 radical (unpaired) electrons. The van der Waals surface area contributed by atoms with Crippen LogP contribution in [0.2, 0.25) is 0 Å². The Morgan fingerprint density at radius 3 is 2.62 bits per heavy atom. The lowest BCUT2D eigenvalue weighted by Crippen LogP contribution is -2.37. The van der Waals surface area contributed by atoms with E-state index < -0.39 is 0 Å². The molecule has 2 heterocycles. The third-order valence-corrected chi connectivity index (χ3v) is 5.26. The molecular formula is C19H21N3O3S. The van der Waals surface area contributed by atoms with Gasteiger partial charge in [-0.15, -0.1) is 0 Å². The van der Waals surface area contributed by atoms with Crippen molar-refractivity contribution in [3.8, 4) is 5.69 Å². The molecular weight excluding hydrogens is 350 g/mol. The molecule has 0 unspecified atom stereocenters. The summed E-state index contributed by atoms with van der Waals surface area (Å²) >= 11 is 0.997. The number of thioether (sulfide) groups is 1. The van der Waals surface area contributed by atoms with Gasteiger partial charge in [0.1, 0.15) is 0 Å². The number of hydrogen-bond donors (Lipinski definition) is 1. The van der Waals surface area contributed by atoms with Crippen molar-refractivity contribution in [2.24, 2.45) is 0 Å². The molecule has 1 aromatic carbocycles. The van der Waals surface area contributed by atoms with Crippen molar-refractivity contribution < 1.29 is 14.4 Å². The molecule has 0 bridgehead atoms. The highest BCUT2D eigenvalue weighted by Gasteiger charge is 2.29. The van der Waals surface area contributed by atoms with Gasteiger partial charge in [0.05, 0.1) is 11.3 Å². The molecule has 1 aromatic heterocycles. The van der Waals surface area contributed by atoms with Crippen LogP contribution in [0.4, 0.5) is 4.79 Å². The zero-order chi connectivity index (χ0) is 18.8. The van der Waals surface area contributed by atoms with Crippen molar-refractivity contribution >= 4 is 28.8 Å². The predicted molar refractivity (Wildman–Crippen MR) is 102 cm³/mol. The molecule has 6 nitrogen and oxygen atoms in total.